The maximum atomic E-state index is 11.3. The van der Waals surface area contributed by atoms with Gasteiger partial charge in [-0.3, -0.25) is 4.90 Å². The van der Waals surface area contributed by atoms with E-state index in [4.69, 9.17) is 0 Å². The zero-order chi connectivity index (χ0) is 25.7. The van der Waals surface area contributed by atoms with Gasteiger partial charge in [-0.2, -0.15) is 0 Å². The largest absolute Gasteiger partial charge is 0.391 e. The summed E-state index contributed by atoms with van der Waals surface area (Å²) in [7, 11) is 0. The van der Waals surface area contributed by atoms with Gasteiger partial charge in [-0.15, -0.1) is 0 Å². The van der Waals surface area contributed by atoms with Gasteiger partial charge >= 0.3 is 0 Å². The lowest BCUT2D eigenvalue weighted by atomic mass is 9.96. The van der Waals surface area contributed by atoms with Crippen molar-refractivity contribution < 1.29 is 5.11 Å². The molecule has 0 aromatic heterocycles. The summed E-state index contributed by atoms with van der Waals surface area (Å²) in [5.74, 6) is 0. The van der Waals surface area contributed by atoms with Crippen LogP contribution in [0.5, 0.6) is 0 Å². The summed E-state index contributed by atoms with van der Waals surface area (Å²) >= 11 is 0. The van der Waals surface area contributed by atoms with Crippen molar-refractivity contribution in [2.75, 3.05) is 0 Å². The molecule has 0 spiro atoms. The molecule has 0 aliphatic rings. The Kier molecular flexibility index (Phi) is 17.3. The van der Waals surface area contributed by atoms with Gasteiger partial charge in [-0.25, -0.2) is 0 Å². The fourth-order valence-corrected chi connectivity index (χ4v) is 5.40. The average Bonchev–Trinajstić information content (AvgIpc) is 2.90. The minimum absolute atomic E-state index is 0.202. The quantitative estimate of drug-likeness (QED) is 0.165. The van der Waals surface area contributed by atoms with Crippen LogP contribution in [0.1, 0.15) is 128 Å². The maximum Gasteiger partial charge on any atom is 0.0695 e. The Balaban J connectivity index is 1.73. The Hall–Kier alpha value is -1.64. The van der Waals surface area contributed by atoms with E-state index in [-0.39, 0.29) is 12.1 Å². The van der Waals surface area contributed by atoms with Gasteiger partial charge in [0.25, 0.3) is 0 Å². The first kappa shape index (κ1) is 30.6. The molecule has 2 heteroatoms. The molecular formula is C34H55NO. The zero-order valence-electron chi connectivity index (χ0n) is 23.6. The number of aliphatic hydroxyl groups excluding tert-OH is 1. The van der Waals surface area contributed by atoms with Gasteiger partial charge in [0.15, 0.2) is 0 Å². The second kappa shape index (κ2) is 20.4. The molecule has 1 N–H and O–H groups in total. The van der Waals surface area contributed by atoms with Crippen molar-refractivity contribution in [2.24, 2.45) is 0 Å². The first-order valence-electron chi connectivity index (χ1n) is 15.2. The molecule has 2 unspecified atom stereocenters. The highest BCUT2D eigenvalue weighted by Crippen LogP contribution is 2.22. The number of hydrogen-bond donors (Lipinski definition) is 1. The molecule has 0 aliphatic heterocycles. The first-order chi connectivity index (χ1) is 17.7. The van der Waals surface area contributed by atoms with Crippen LogP contribution in [0.2, 0.25) is 0 Å². The summed E-state index contributed by atoms with van der Waals surface area (Å²) in [5.41, 5.74) is 2.64. The van der Waals surface area contributed by atoms with Gasteiger partial charge < -0.3 is 5.11 Å². The second-order valence-electron chi connectivity index (χ2n) is 10.8. The Labute approximate surface area is 223 Å². The molecule has 0 saturated heterocycles. The van der Waals surface area contributed by atoms with Crippen LogP contribution in [0.4, 0.5) is 0 Å². The molecule has 2 nitrogen and oxygen atoms in total. The molecule has 202 valence electrons. The molecule has 0 heterocycles. The second-order valence-corrected chi connectivity index (χ2v) is 10.8. The third-order valence-corrected chi connectivity index (χ3v) is 7.56. The minimum Gasteiger partial charge on any atom is -0.391 e. The molecule has 0 amide bonds. The lowest BCUT2D eigenvalue weighted by Gasteiger charge is -2.35. The molecule has 0 radical (unpaired) electrons. The molecule has 0 aliphatic carbocycles. The Morgan fingerprint density at radius 1 is 0.528 bits per heavy atom. The van der Waals surface area contributed by atoms with E-state index in [0.717, 1.165) is 38.8 Å². The van der Waals surface area contributed by atoms with Crippen LogP contribution in [-0.2, 0) is 13.1 Å². The average molecular weight is 494 g/mol. The van der Waals surface area contributed by atoms with Crippen LogP contribution in [0.15, 0.2) is 60.7 Å². The summed E-state index contributed by atoms with van der Waals surface area (Å²) in [6.45, 7) is 6.30. The number of benzene rings is 2. The summed E-state index contributed by atoms with van der Waals surface area (Å²) in [4.78, 5) is 2.51. The highest BCUT2D eigenvalue weighted by Gasteiger charge is 2.25. The predicted molar refractivity (Wildman–Crippen MR) is 157 cm³/mol. The fraction of sp³-hybridized carbons (Fsp3) is 0.647. The van der Waals surface area contributed by atoms with Gasteiger partial charge in [0.1, 0.15) is 0 Å². The van der Waals surface area contributed by atoms with Crippen LogP contribution in [0.25, 0.3) is 0 Å². The monoisotopic (exact) mass is 493 g/mol. The number of aliphatic hydroxyl groups is 1. The number of nitrogens with zero attached hydrogens (tertiary/aromatic N) is 1. The van der Waals surface area contributed by atoms with E-state index in [1.54, 1.807) is 0 Å². The molecule has 2 aromatic rings. The minimum atomic E-state index is -0.259. The van der Waals surface area contributed by atoms with E-state index in [2.05, 4.69) is 79.4 Å². The van der Waals surface area contributed by atoms with Crippen LogP contribution < -0.4 is 0 Å². The normalized spacial score (nSPS) is 13.2. The Morgan fingerprint density at radius 2 is 0.944 bits per heavy atom. The zero-order valence-corrected chi connectivity index (χ0v) is 23.6. The van der Waals surface area contributed by atoms with Crippen molar-refractivity contribution in [2.45, 2.75) is 142 Å². The molecule has 36 heavy (non-hydrogen) atoms. The lowest BCUT2D eigenvalue weighted by molar-refractivity contribution is 0.0275. The van der Waals surface area contributed by atoms with E-state index in [1.165, 1.54) is 88.2 Å². The van der Waals surface area contributed by atoms with Crippen LogP contribution in [0.3, 0.4) is 0 Å². The predicted octanol–water partition coefficient (Wildman–Crippen LogP) is 9.70. The standard InChI is InChI=1S/C34H55NO/c1-3-5-6-7-8-9-10-11-12-13-14-15-22-28-34(36)33(23-4-2)35(29-31-24-18-16-19-25-31)30-32-26-20-17-21-27-32/h16-21,24-27,33-34,36H,3-15,22-23,28-30H2,1-2H3. The SMILES string of the molecule is CCCCCCCCCCCCCCCC(O)C(CCC)N(Cc1ccccc1)Cc1ccccc1. The summed E-state index contributed by atoms with van der Waals surface area (Å²) in [5, 5.41) is 11.3. The third kappa shape index (κ3) is 13.6. The Bertz CT molecular complexity index is 690. The summed E-state index contributed by atoms with van der Waals surface area (Å²) < 4.78 is 0. The fourth-order valence-electron chi connectivity index (χ4n) is 5.40. The van der Waals surface area contributed by atoms with E-state index >= 15 is 0 Å². The van der Waals surface area contributed by atoms with Crippen LogP contribution in [0, 0.1) is 0 Å². The van der Waals surface area contributed by atoms with Crippen molar-refractivity contribution in [1.29, 1.82) is 0 Å². The molecule has 0 fully saturated rings. The molecule has 2 rings (SSSR count). The third-order valence-electron chi connectivity index (χ3n) is 7.56. The lowest BCUT2D eigenvalue weighted by Crippen LogP contribution is -2.43. The molecule has 0 bridgehead atoms. The maximum absolute atomic E-state index is 11.3. The van der Waals surface area contributed by atoms with Crippen molar-refractivity contribution in [3.8, 4) is 0 Å². The number of hydrogen-bond acceptors (Lipinski definition) is 2. The van der Waals surface area contributed by atoms with Crippen molar-refractivity contribution in [3.05, 3.63) is 71.8 Å². The van der Waals surface area contributed by atoms with Gasteiger partial charge in [0, 0.05) is 19.1 Å². The van der Waals surface area contributed by atoms with E-state index in [9.17, 15) is 5.11 Å². The van der Waals surface area contributed by atoms with Gasteiger partial charge in [-0.1, -0.05) is 164 Å². The topological polar surface area (TPSA) is 23.5 Å². The molecule has 2 aromatic carbocycles. The summed E-state index contributed by atoms with van der Waals surface area (Å²) in [6.07, 6.45) is 20.6. The van der Waals surface area contributed by atoms with E-state index < -0.39 is 0 Å². The molecule has 2 atom stereocenters. The number of rotatable bonds is 22. The van der Waals surface area contributed by atoms with Gasteiger partial charge in [0.05, 0.1) is 6.10 Å². The number of unbranched alkanes of at least 4 members (excludes halogenated alkanes) is 12. The van der Waals surface area contributed by atoms with Crippen molar-refractivity contribution in [3.63, 3.8) is 0 Å². The smallest absolute Gasteiger partial charge is 0.0695 e. The highest BCUT2D eigenvalue weighted by molar-refractivity contribution is 5.17. The van der Waals surface area contributed by atoms with Crippen LogP contribution >= 0.6 is 0 Å². The Morgan fingerprint density at radius 3 is 1.36 bits per heavy atom. The van der Waals surface area contributed by atoms with E-state index in [1.807, 2.05) is 0 Å². The van der Waals surface area contributed by atoms with Crippen molar-refractivity contribution in [1.82, 2.24) is 4.90 Å². The van der Waals surface area contributed by atoms with Crippen molar-refractivity contribution >= 4 is 0 Å². The van der Waals surface area contributed by atoms with Crippen LogP contribution in [-0.4, -0.2) is 22.2 Å². The first-order valence-corrected chi connectivity index (χ1v) is 15.2. The molecule has 0 saturated carbocycles. The summed E-state index contributed by atoms with van der Waals surface area (Å²) in [6, 6.07) is 21.7. The van der Waals surface area contributed by atoms with Gasteiger partial charge in [-0.05, 0) is 24.0 Å². The van der Waals surface area contributed by atoms with Gasteiger partial charge in [0.2, 0.25) is 0 Å². The highest BCUT2D eigenvalue weighted by atomic mass is 16.3. The van der Waals surface area contributed by atoms with E-state index in [0.29, 0.717) is 0 Å². The molecular weight excluding hydrogens is 438 g/mol.